The zero-order valence-corrected chi connectivity index (χ0v) is 13.3. The number of hydrogen-bond donors (Lipinski definition) is 1. The SMILES string of the molecule is c1cc(CN(CCNCC2CCCCC2)C2CC2)cs1. The van der Waals surface area contributed by atoms with Crippen molar-refractivity contribution in [1.29, 1.82) is 0 Å². The zero-order valence-electron chi connectivity index (χ0n) is 12.5. The first-order valence-corrected chi connectivity index (χ1v) is 9.32. The molecule has 2 nitrogen and oxygen atoms in total. The molecular formula is C17H28N2S. The number of hydrogen-bond acceptors (Lipinski definition) is 3. The van der Waals surface area contributed by atoms with Crippen LogP contribution in [0.2, 0.25) is 0 Å². The van der Waals surface area contributed by atoms with Crippen LogP contribution in [0, 0.1) is 5.92 Å². The first-order chi connectivity index (χ1) is 9.92. The monoisotopic (exact) mass is 292 g/mol. The Morgan fingerprint density at radius 1 is 1.15 bits per heavy atom. The average Bonchev–Trinajstić information content (AvgIpc) is 3.21. The van der Waals surface area contributed by atoms with Gasteiger partial charge in [0.2, 0.25) is 0 Å². The van der Waals surface area contributed by atoms with Gasteiger partial charge in [0.05, 0.1) is 0 Å². The lowest BCUT2D eigenvalue weighted by Gasteiger charge is -2.24. The third-order valence-corrected chi connectivity index (χ3v) is 5.49. The lowest BCUT2D eigenvalue weighted by molar-refractivity contribution is 0.249. The predicted octanol–water partition coefficient (Wildman–Crippen LogP) is 3.88. The molecular weight excluding hydrogens is 264 g/mol. The van der Waals surface area contributed by atoms with Crippen LogP contribution in [0.4, 0.5) is 0 Å². The maximum absolute atomic E-state index is 3.71. The van der Waals surface area contributed by atoms with Crippen molar-refractivity contribution in [3.05, 3.63) is 22.4 Å². The molecule has 1 heterocycles. The van der Waals surface area contributed by atoms with Gasteiger partial charge in [0.15, 0.2) is 0 Å². The molecule has 1 N–H and O–H groups in total. The average molecular weight is 292 g/mol. The highest BCUT2D eigenvalue weighted by Crippen LogP contribution is 2.28. The molecule has 112 valence electrons. The van der Waals surface area contributed by atoms with Crippen molar-refractivity contribution >= 4 is 11.3 Å². The van der Waals surface area contributed by atoms with Gasteiger partial charge in [-0.3, -0.25) is 4.90 Å². The van der Waals surface area contributed by atoms with Gasteiger partial charge >= 0.3 is 0 Å². The molecule has 0 aliphatic heterocycles. The summed E-state index contributed by atoms with van der Waals surface area (Å²) in [5.41, 5.74) is 1.49. The van der Waals surface area contributed by atoms with E-state index in [9.17, 15) is 0 Å². The maximum Gasteiger partial charge on any atom is 0.0245 e. The summed E-state index contributed by atoms with van der Waals surface area (Å²) in [5, 5.41) is 8.20. The van der Waals surface area contributed by atoms with E-state index >= 15 is 0 Å². The van der Waals surface area contributed by atoms with E-state index in [1.807, 2.05) is 11.3 Å². The van der Waals surface area contributed by atoms with E-state index < -0.39 is 0 Å². The smallest absolute Gasteiger partial charge is 0.0245 e. The molecule has 2 saturated carbocycles. The lowest BCUT2D eigenvalue weighted by Crippen LogP contribution is -2.35. The second-order valence-corrected chi connectivity index (χ2v) is 7.32. The van der Waals surface area contributed by atoms with Crippen LogP contribution < -0.4 is 5.32 Å². The van der Waals surface area contributed by atoms with Crippen LogP contribution in [0.5, 0.6) is 0 Å². The molecule has 2 aliphatic rings. The molecule has 0 unspecified atom stereocenters. The predicted molar refractivity (Wildman–Crippen MR) is 87.2 cm³/mol. The van der Waals surface area contributed by atoms with Gasteiger partial charge in [-0.05, 0) is 60.5 Å². The second kappa shape index (κ2) is 7.58. The first-order valence-electron chi connectivity index (χ1n) is 8.37. The van der Waals surface area contributed by atoms with Crippen molar-refractivity contribution in [2.75, 3.05) is 19.6 Å². The van der Waals surface area contributed by atoms with E-state index in [1.165, 1.54) is 63.6 Å². The molecule has 20 heavy (non-hydrogen) atoms. The number of rotatable bonds is 8. The Bertz CT molecular complexity index is 366. The van der Waals surface area contributed by atoms with Gasteiger partial charge in [-0.25, -0.2) is 0 Å². The third kappa shape index (κ3) is 4.57. The molecule has 0 bridgehead atoms. The van der Waals surface area contributed by atoms with E-state index in [-0.39, 0.29) is 0 Å². The van der Waals surface area contributed by atoms with Crippen LogP contribution in [0.25, 0.3) is 0 Å². The van der Waals surface area contributed by atoms with Crippen LogP contribution in [0.3, 0.4) is 0 Å². The largest absolute Gasteiger partial charge is 0.315 e. The highest BCUT2D eigenvalue weighted by molar-refractivity contribution is 7.07. The first kappa shape index (κ1) is 14.6. The minimum atomic E-state index is 0.867. The van der Waals surface area contributed by atoms with E-state index in [0.29, 0.717) is 0 Å². The molecule has 0 aromatic carbocycles. The molecule has 2 fully saturated rings. The van der Waals surface area contributed by atoms with Crippen molar-refractivity contribution in [3.63, 3.8) is 0 Å². The maximum atomic E-state index is 3.71. The lowest BCUT2D eigenvalue weighted by atomic mass is 9.89. The Kier molecular flexibility index (Phi) is 5.51. The summed E-state index contributed by atoms with van der Waals surface area (Å²) < 4.78 is 0. The molecule has 0 spiro atoms. The number of thiophene rings is 1. The highest BCUT2D eigenvalue weighted by atomic mass is 32.1. The van der Waals surface area contributed by atoms with Crippen molar-refractivity contribution in [2.24, 2.45) is 5.92 Å². The summed E-state index contributed by atoms with van der Waals surface area (Å²) >= 11 is 1.82. The summed E-state index contributed by atoms with van der Waals surface area (Å²) in [5.74, 6) is 0.954. The third-order valence-electron chi connectivity index (χ3n) is 4.76. The van der Waals surface area contributed by atoms with E-state index in [2.05, 4.69) is 27.0 Å². The Labute approximate surface area is 127 Å². The van der Waals surface area contributed by atoms with Crippen molar-refractivity contribution < 1.29 is 0 Å². The minimum Gasteiger partial charge on any atom is -0.315 e. The van der Waals surface area contributed by atoms with Gasteiger partial charge in [-0.2, -0.15) is 11.3 Å². The van der Waals surface area contributed by atoms with Gasteiger partial charge < -0.3 is 5.32 Å². The normalized spacial score (nSPS) is 20.6. The standard InChI is InChI=1S/C17H28N2S/c1-2-4-15(5-3-1)12-18-9-10-19(17-6-7-17)13-16-8-11-20-14-16/h8,11,14-15,17-18H,1-7,9-10,12-13H2. The van der Waals surface area contributed by atoms with Gasteiger partial charge in [0.1, 0.15) is 0 Å². The summed E-state index contributed by atoms with van der Waals surface area (Å²) in [6, 6.07) is 3.14. The number of nitrogens with zero attached hydrogens (tertiary/aromatic N) is 1. The van der Waals surface area contributed by atoms with Gasteiger partial charge in [0, 0.05) is 25.7 Å². The van der Waals surface area contributed by atoms with Crippen molar-refractivity contribution in [1.82, 2.24) is 10.2 Å². The molecule has 0 saturated heterocycles. The highest BCUT2D eigenvalue weighted by Gasteiger charge is 2.28. The molecule has 0 amide bonds. The summed E-state index contributed by atoms with van der Waals surface area (Å²) in [6.07, 6.45) is 10.1. The Hall–Kier alpha value is -0.380. The van der Waals surface area contributed by atoms with Gasteiger partial charge in [0.25, 0.3) is 0 Å². The topological polar surface area (TPSA) is 15.3 Å². The minimum absolute atomic E-state index is 0.867. The van der Waals surface area contributed by atoms with E-state index in [4.69, 9.17) is 0 Å². The van der Waals surface area contributed by atoms with Crippen LogP contribution in [-0.4, -0.2) is 30.6 Å². The fourth-order valence-electron chi connectivity index (χ4n) is 3.37. The van der Waals surface area contributed by atoms with Crippen LogP contribution in [-0.2, 0) is 6.54 Å². The van der Waals surface area contributed by atoms with E-state index in [1.54, 1.807) is 0 Å². The molecule has 2 aliphatic carbocycles. The van der Waals surface area contributed by atoms with E-state index in [0.717, 1.165) is 25.0 Å². The molecule has 0 atom stereocenters. The molecule has 3 rings (SSSR count). The summed E-state index contributed by atoms with van der Waals surface area (Å²) in [7, 11) is 0. The number of nitrogens with one attached hydrogen (secondary N) is 1. The van der Waals surface area contributed by atoms with Gasteiger partial charge in [-0.15, -0.1) is 0 Å². The Morgan fingerprint density at radius 2 is 2.00 bits per heavy atom. The zero-order chi connectivity index (χ0) is 13.6. The summed E-state index contributed by atoms with van der Waals surface area (Å²) in [4.78, 5) is 2.68. The Morgan fingerprint density at radius 3 is 2.70 bits per heavy atom. The second-order valence-electron chi connectivity index (χ2n) is 6.54. The molecule has 1 aromatic heterocycles. The van der Waals surface area contributed by atoms with Crippen LogP contribution >= 0.6 is 11.3 Å². The van der Waals surface area contributed by atoms with Crippen molar-refractivity contribution in [2.45, 2.75) is 57.5 Å². The van der Waals surface area contributed by atoms with Crippen LogP contribution in [0.15, 0.2) is 16.8 Å². The molecule has 0 radical (unpaired) electrons. The fraction of sp³-hybridized carbons (Fsp3) is 0.765. The molecule has 1 aromatic rings. The fourth-order valence-corrected chi connectivity index (χ4v) is 4.03. The summed E-state index contributed by atoms with van der Waals surface area (Å²) in [6.45, 7) is 4.78. The van der Waals surface area contributed by atoms with Gasteiger partial charge in [-0.1, -0.05) is 19.3 Å². The quantitative estimate of drug-likeness (QED) is 0.731. The Balaban J connectivity index is 1.34. The molecule has 3 heteroatoms. The van der Waals surface area contributed by atoms with Crippen molar-refractivity contribution in [3.8, 4) is 0 Å². The van der Waals surface area contributed by atoms with Crippen LogP contribution in [0.1, 0.15) is 50.5 Å².